The summed E-state index contributed by atoms with van der Waals surface area (Å²) in [6, 6.07) is 14.2. The van der Waals surface area contributed by atoms with Crippen LogP contribution in [0.4, 0.5) is 4.79 Å². The van der Waals surface area contributed by atoms with E-state index in [-0.39, 0.29) is 12.5 Å². The first kappa shape index (κ1) is 22.3. The van der Waals surface area contributed by atoms with E-state index in [1.807, 2.05) is 43.3 Å². The molecule has 2 aromatic rings. The van der Waals surface area contributed by atoms with E-state index in [9.17, 15) is 19.5 Å². The molecule has 0 bridgehead atoms. The number of rotatable bonds is 9. The Balaban J connectivity index is 1.57. The van der Waals surface area contributed by atoms with Crippen molar-refractivity contribution < 1.29 is 24.2 Å². The van der Waals surface area contributed by atoms with Crippen LogP contribution in [0.3, 0.4) is 0 Å². The van der Waals surface area contributed by atoms with E-state index < -0.39 is 30.1 Å². The molecule has 1 unspecified atom stereocenters. The zero-order valence-electron chi connectivity index (χ0n) is 17.8. The summed E-state index contributed by atoms with van der Waals surface area (Å²) in [5.74, 6) is -1.72. The summed E-state index contributed by atoms with van der Waals surface area (Å²) in [6.45, 7) is 3.58. The molecule has 0 aromatic heterocycles. The van der Waals surface area contributed by atoms with Gasteiger partial charge in [-0.2, -0.15) is 0 Å². The monoisotopic (exact) mass is 424 g/mol. The molecule has 0 aliphatic heterocycles. The number of carboxylic acids is 1. The van der Waals surface area contributed by atoms with E-state index >= 15 is 0 Å². The molecule has 0 radical (unpaired) electrons. The van der Waals surface area contributed by atoms with Crippen molar-refractivity contribution in [2.45, 2.75) is 51.1 Å². The molecule has 3 rings (SSSR count). The number of ether oxygens (including phenoxy) is 1. The van der Waals surface area contributed by atoms with Crippen LogP contribution in [-0.4, -0.2) is 41.8 Å². The lowest BCUT2D eigenvalue weighted by Gasteiger charge is -2.19. The summed E-state index contributed by atoms with van der Waals surface area (Å²) in [5.41, 5.74) is 4.46. The number of nitrogens with one attached hydrogen (secondary N) is 2. The fraction of sp³-hybridized carbons (Fsp3) is 0.375. The number of aliphatic carboxylic acids is 1. The quantitative estimate of drug-likeness (QED) is 0.570. The van der Waals surface area contributed by atoms with Gasteiger partial charge in [0.2, 0.25) is 5.91 Å². The van der Waals surface area contributed by atoms with Crippen LogP contribution in [0.2, 0.25) is 0 Å². The third kappa shape index (κ3) is 5.23. The van der Waals surface area contributed by atoms with Gasteiger partial charge in [-0.25, -0.2) is 9.59 Å². The number of amides is 2. The molecular weight excluding hydrogens is 396 g/mol. The number of carboxylic acid groups (broad SMARTS) is 1. The van der Waals surface area contributed by atoms with E-state index in [0.717, 1.165) is 28.7 Å². The van der Waals surface area contributed by atoms with E-state index in [1.165, 1.54) is 6.92 Å². The molecule has 2 atom stereocenters. The van der Waals surface area contributed by atoms with Crippen LogP contribution >= 0.6 is 0 Å². The zero-order chi connectivity index (χ0) is 22.4. The highest BCUT2D eigenvalue weighted by atomic mass is 16.5. The summed E-state index contributed by atoms with van der Waals surface area (Å²) >= 11 is 0. The van der Waals surface area contributed by atoms with Gasteiger partial charge in [0, 0.05) is 5.92 Å². The molecular formula is C24H28N2O5. The predicted molar refractivity (Wildman–Crippen MR) is 117 cm³/mol. The lowest BCUT2D eigenvalue weighted by Crippen LogP contribution is -2.50. The van der Waals surface area contributed by atoms with Gasteiger partial charge in [0.05, 0.1) is 0 Å². The number of fused-ring (bicyclic) bond motifs is 3. The molecule has 164 valence electrons. The lowest BCUT2D eigenvalue weighted by atomic mass is 9.98. The van der Waals surface area contributed by atoms with Gasteiger partial charge < -0.3 is 20.5 Å². The van der Waals surface area contributed by atoms with Gasteiger partial charge in [-0.15, -0.1) is 0 Å². The number of carbonyl (C=O) groups excluding carboxylic acids is 2. The van der Waals surface area contributed by atoms with Gasteiger partial charge in [-0.3, -0.25) is 4.79 Å². The summed E-state index contributed by atoms with van der Waals surface area (Å²) in [7, 11) is 0. The van der Waals surface area contributed by atoms with Crippen molar-refractivity contribution in [1.29, 1.82) is 0 Å². The minimum atomic E-state index is -1.09. The third-order valence-corrected chi connectivity index (χ3v) is 5.53. The van der Waals surface area contributed by atoms with Crippen LogP contribution in [0.15, 0.2) is 48.5 Å². The average molecular weight is 424 g/mol. The molecule has 3 N–H and O–H groups in total. The first-order valence-electron chi connectivity index (χ1n) is 10.6. The van der Waals surface area contributed by atoms with Crippen LogP contribution in [0.1, 0.15) is 50.2 Å². The Morgan fingerprint density at radius 2 is 1.58 bits per heavy atom. The number of hydrogen-bond acceptors (Lipinski definition) is 4. The lowest BCUT2D eigenvalue weighted by molar-refractivity contribution is -0.142. The molecule has 0 saturated heterocycles. The molecule has 0 saturated carbocycles. The van der Waals surface area contributed by atoms with Crippen LogP contribution in [0.5, 0.6) is 0 Å². The number of benzene rings is 2. The molecule has 1 aliphatic carbocycles. The molecule has 7 heteroatoms. The number of unbranched alkanes of at least 4 members (excludes halogenated alkanes) is 1. The van der Waals surface area contributed by atoms with Crippen molar-refractivity contribution in [3.63, 3.8) is 0 Å². The van der Waals surface area contributed by atoms with Gasteiger partial charge in [-0.1, -0.05) is 68.3 Å². The third-order valence-electron chi connectivity index (χ3n) is 5.53. The summed E-state index contributed by atoms with van der Waals surface area (Å²) in [4.78, 5) is 35.9. The second kappa shape index (κ2) is 10.1. The second-order valence-electron chi connectivity index (χ2n) is 7.73. The minimum absolute atomic E-state index is 0.0762. The Bertz CT molecular complexity index is 913. The van der Waals surface area contributed by atoms with Crippen molar-refractivity contribution in [3.05, 3.63) is 59.7 Å². The van der Waals surface area contributed by atoms with Crippen LogP contribution < -0.4 is 10.6 Å². The Labute approximate surface area is 181 Å². The summed E-state index contributed by atoms with van der Waals surface area (Å²) in [6.07, 6.45) is 1.14. The van der Waals surface area contributed by atoms with Crippen molar-refractivity contribution in [2.75, 3.05) is 6.61 Å². The molecule has 0 heterocycles. The highest BCUT2D eigenvalue weighted by Gasteiger charge is 2.29. The maximum Gasteiger partial charge on any atom is 0.407 e. The van der Waals surface area contributed by atoms with Crippen molar-refractivity contribution in [1.82, 2.24) is 10.6 Å². The van der Waals surface area contributed by atoms with E-state index in [2.05, 4.69) is 22.8 Å². The minimum Gasteiger partial charge on any atom is -0.480 e. The summed E-state index contributed by atoms with van der Waals surface area (Å²) < 4.78 is 5.43. The second-order valence-corrected chi connectivity index (χ2v) is 7.73. The average Bonchev–Trinajstić information content (AvgIpc) is 3.08. The number of alkyl carbamates (subject to hydrolysis) is 1. The maximum absolute atomic E-state index is 12.3. The first-order valence-corrected chi connectivity index (χ1v) is 10.6. The molecule has 1 aliphatic rings. The van der Waals surface area contributed by atoms with E-state index in [4.69, 9.17) is 4.74 Å². The highest BCUT2D eigenvalue weighted by Crippen LogP contribution is 2.44. The summed E-state index contributed by atoms with van der Waals surface area (Å²) in [5, 5.41) is 14.2. The smallest absolute Gasteiger partial charge is 0.407 e. The SMILES string of the molecule is CCCCC(NC(=O)[C@@H](C)NC(=O)OCC1c2ccccc2-c2ccccc21)C(=O)O. The van der Waals surface area contributed by atoms with Crippen LogP contribution in [-0.2, 0) is 14.3 Å². The van der Waals surface area contributed by atoms with Gasteiger partial charge in [0.25, 0.3) is 0 Å². The largest absolute Gasteiger partial charge is 0.480 e. The zero-order valence-corrected chi connectivity index (χ0v) is 17.8. The molecule has 0 fully saturated rings. The van der Waals surface area contributed by atoms with Crippen molar-refractivity contribution >= 4 is 18.0 Å². The standard InChI is InChI=1S/C24H28N2O5/c1-3-4-13-21(23(28)29)26-22(27)15(2)25-24(30)31-14-20-18-11-7-5-9-16(18)17-10-6-8-12-19(17)20/h5-12,15,20-21H,3-4,13-14H2,1-2H3,(H,25,30)(H,26,27)(H,28,29)/t15-,21?/m1/s1. The molecule has 31 heavy (non-hydrogen) atoms. The maximum atomic E-state index is 12.3. The van der Waals surface area contributed by atoms with Gasteiger partial charge >= 0.3 is 12.1 Å². The van der Waals surface area contributed by atoms with Crippen molar-refractivity contribution in [3.8, 4) is 11.1 Å². The number of carbonyl (C=O) groups is 3. The van der Waals surface area contributed by atoms with Crippen molar-refractivity contribution in [2.24, 2.45) is 0 Å². The van der Waals surface area contributed by atoms with E-state index in [0.29, 0.717) is 12.8 Å². The molecule has 0 spiro atoms. The Morgan fingerprint density at radius 1 is 1.00 bits per heavy atom. The Hall–Kier alpha value is -3.35. The van der Waals surface area contributed by atoms with Crippen LogP contribution in [0.25, 0.3) is 11.1 Å². The topological polar surface area (TPSA) is 105 Å². The predicted octanol–water partition coefficient (Wildman–Crippen LogP) is 3.67. The Kier molecular flexibility index (Phi) is 7.28. The number of hydrogen-bond donors (Lipinski definition) is 3. The first-order chi connectivity index (χ1) is 14.9. The van der Waals surface area contributed by atoms with Crippen LogP contribution in [0, 0.1) is 0 Å². The van der Waals surface area contributed by atoms with Gasteiger partial charge in [-0.05, 0) is 35.6 Å². The normalized spacial score (nSPS) is 14.1. The van der Waals surface area contributed by atoms with E-state index in [1.54, 1.807) is 0 Å². The Morgan fingerprint density at radius 3 is 2.13 bits per heavy atom. The van der Waals surface area contributed by atoms with Gasteiger partial charge in [0.1, 0.15) is 18.7 Å². The van der Waals surface area contributed by atoms with Gasteiger partial charge in [0.15, 0.2) is 0 Å². The molecule has 2 aromatic carbocycles. The molecule has 7 nitrogen and oxygen atoms in total. The highest BCUT2D eigenvalue weighted by molar-refractivity contribution is 5.89. The fourth-order valence-electron chi connectivity index (χ4n) is 3.84. The molecule has 2 amide bonds. The fourth-order valence-corrected chi connectivity index (χ4v) is 3.84.